The number of nitrogens with zero attached hydrogens (tertiary/aromatic N) is 1. The first-order chi connectivity index (χ1) is 12.6. The zero-order valence-electron chi connectivity index (χ0n) is 14.5. The number of hydrogen-bond donors (Lipinski definition) is 2. The Kier molecular flexibility index (Phi) is 4.62. The summed E-state index contributed by atoms with van der Waals surface area (Å²) in [4.78, 5) is 4.76. The van der Waals surface area contributed by atoms with Gasteiger partial charge in [0.25, 0.3) is 0 Å². The normalized spacial score (nSPS) is 21.7. The van der Waals surface area contributed by atoms with Crippen molar-refractivity contribution in [2.24, 2.45) is 4.99 Å². The lowest BCUT2D eigenvalue weighted by atomic mass is 9.98. The topological polar surface area (TPSA) is 36.4 Å². The second-order valence-corrected chi connectivity index (χ2v) is 7.46. The molecule has 0 bridgehead atoms. The molecule has 3 aromatic carbocycles. The predicted molar refractivity (Wildman–Crippen MR) is 111 cm³/mol. The molecule has 0 aromatic heterocycles. The van der Waals surface area contributed by atoms with Crippen molar-refractivity contribution in [2.75, 3.05) is 5.32 Å². The molecule has 0 saturated heterocycles. The Morgan fingerprint density at radius 1 is 0.923 bits per heavy atom. The molecule has 130 valence electrons. The Hall–Kier alpha value is -2.43. The molecule has 4 rings (SSSR count). The summed E-state index contributed by atoms with van der Waals surface area (Å²) in [6.07, 6.45) is 1.90. The quantitative estimate of drug-likeness (QED) is 0.609. The monoisotopic (exact) mass is 405 g/mol. The van der Waals surface area contributed by atoms with Crippen molar-refractivity contribution in [1.82, 2.24) is 5.32 Å². The SMILES string of the molecule is Cc1ccc(C2(Nc3ccc(Br)cc3)C=NC(c3ccccc3)N2)cc1. The fourth-order valence-electron chi connectivity index (χ4n) is 3.16. The zero-order chi connectivity index (χ0) is 18.0. The third kappa shape index (κ3) is 3.43. The maximum absolute atomic E-state index is 4.76. The van der Waals surface area contributed by atoms with Crippen LogP contribution in [0.25, 0.3) is 0 Å². The van der Waals surface area contributed by atoms with E-state index in [9.17, 15) is 0 Å². The summed E-state index contributed by atoms with van der Waals surface area (Å²) >= 11 is 3.49. The molecule has 0 aliphatic carbocycles. The molecule has 0 spiro atoms. The molecule has 4 heteroatoms. The summed E-state index contributed by atoms with van der Waals surface area (Å²) in [6.45, 7) is 2.10. The van der Waals surface area contributed by atoms with Crippen molar-refractivity contribution < 1.29 is 0 Å². The lowest BCUT2D eigenvalue weighted by Crippen LogP contribution is -2.47. The Morgan fingerprint density at radius 3 is 2.31 bits per heavy atom. The lowest BCUT2D eigenvalue weighted by Gasteiger charge is -2.31. The van der Waals surface area contributed by atoms with Crippen molar-refractivity contribution in [2.45, 2.75) is 18.8 Å². The Balaban J connectivity index is 1.70. The second kappa shape index (κ2) is 7.06. The molecule has 2 unspecified atom stereocenters. The van der Waals surface area contributed by atoms with Crippen LogP contribution in [-0.4, -0.2) is 6.21 Å². The van der Waals surface area contributed by atoms with Gasteiger partial charge in [-0.25, -0.2) is 0 Å². The number of hydrogen-bond acceptors (Lipinski definition) is 3. The maximum atomic E-state index is 4.76. The molecule has 1 heterocycles. The van der Waals surface area contributed by atoms with Gasteiger partial charge in [0, 0.05) is 16.4 Å². The van der Waals surface area contributed by atoms with Crippen LogP contribution in [-0.2, 0) is 5.66 Å². The molecular weight excluding hydrogens is 386 g/mol. The third-order valence-corrected chi connectivity index (χ3v) is 5.12. The van der Waals surface area contributed by atoms with Crippen LogP contribution in [0.5, 0.6) is 0 Å². The molecule has 3 nitrogen and oxygen atoms in total. The van der Waals surface area contributed by atoms with Gasteiger partial charge >= 0.3 is 0 Å². The Bertz CT molecular complexity index is 904. The first kappa shape index (κ1) is 17.0. The first-order valence-electron chi connectivity index (χ1n) is 8.62. The van der Waals surface area contributed by atoms with Crippen molar-refractivity contribution in [3.8, 4) is 0 Å². The number of anilines is 1. The zero-order valence-corrected chi connectivity index (χ0v) is 16.1. The van der Waals surface area contributed by atoms with Gasteiger partial charge in [0.05, 0.1) is 0 Å². The van der Waals surface area contributed by atoms with Crippen LogP contribution in [0.2, 0.25) is 0 Å². The first-order valence-corrected chi connectivity index (χ1v) is 9.42. The standard InChI is InChI=1S/C22H20BrN3/c1-16-7-9-18(10-8-16)22(25-20-13-11-19(23)12-14-20)15-24-21(26-22)17-5-3-2-4-6-17/h2-15,21,25-26H,1H3. The summed E-state index contributed by atoms with van der Waals surface area (Å²) in [5.74, 6) is 0. The maximum Gasteiger partial charge on any atom is 0.153 e. The minimum absolute atomic E-state index is 0.0829. The Labute approximate surface area is 162 Å². The minimum Gasteiger partial charge on any atom is -0.359 e. The highest BCUT2D eigenvalue weighted by Crippen LogP contribution is 2.32. The van der Waals surface area contributed by atoms with Gasteiger partial charge in [0.1, 0.15) is 6.17 Å². The number of halogens is 1. The highest BCUT2D eigenvalue weighted by atomic mass is 79.9. The number of benzene rings is 3. The van der Waals surface area contributed by atoms with E-state index in [4.69, 9.17) is 4.99 Å². The largest absolute Gasteiger partial charge is 0.359 e. The van der Waals surface area contributed by atoms with E-state index in [0.717, 1.165) is 21.3 Å². The van der Waals surface area contributed by atoms with E-state index < -0.39 is 5.66 Å². The van der Waals surface area contributed by atoms with Gasteiger partial charge in [-0.05, 0) is 42.3 Å². The van der Waals surface area contributed by atoms with Crippen molar-refractivity contribution in [3.63, 3.8) is 0 Å². The molecule has 0 saturated carbocycles. The average Bonchev–Trinajstić information content (AvgIpc) is 3.10. The van der Waals surface area contributed by atoms with E-state index in [-0.39, 0.29) is 6.17 Å². The lowest BCUT2D eigenvalue weighted by molar-refractivity contribution is 0.473. The smallest absolute Gasteiger partial charge is 0.153 e. The van der Waals surface area contributed by atoms with Gasteiger partial charge in [0.2, 0.25) is 0 Å². The predicted octanol–water partition coefficient (Wildman–Crippen LogP) is 5.40. The summed E-state index contributed by atoms with van der Waals surface area (Å²) < 4.78 is 1.06. The molecular formula is C22H20BrN3. The van der Waals surface area contributed by atoms with E-state index >= 15 is 0 Å². The number of rotatable bonds is 4. The van der Waals surface area contributed by atoms with Crippen LogP contribution in [0.3, 0.4) is 0 Å². The van der Waals surface area contributed by atoms with Crippen LogP contribution >= 0.6 is 15.9 Å². The molecule has 0 fully saturated rings. The van der Waals surface area contributed by atoms with Crippen molar-refractivity contribution in [1.29, 1.82) is 0 Å². The van der Waals surface area contributed by atoms with Gasteiger partial charge in [-0.3, -0.25) is 10.3 Å². The summed E-state index contributed by atoms with van der Waals surface area (Å²) in [7, 11) is 0. The highest BCUT2D eigenvalue weighted by Gasteiger charge is 2.37. The highest BCUT2D eigenvalue weighted by molar-refractivity contribution is 9.10. The molecule has 1 aliphatic heterocycles. The molecule has 1 aliphatic rings. The van der Waals surface area contributed by atoms with E-state index in [1.165, 1.54) is 5.56 Å². The molecule has 2 N–H and O–H groups in total. The molecule has 0 amide bonds. The van der Waals surface area contributed by atoms with Crippen LogP contribution in [0.4, 0.5) is 5.69 Å². The summed E-state index contributed by atoms with van der Waals surface area (Å²) in [5.41, 5.74) is 3.99. The van der Waals surface area contributed by atoms with Crippen LogP contribution < -0.4 is 10.6 Å². The fourth-order valence-corrected chi connectivity index (χ4v) is 3.42. The Morgan fingerprint density at radius 2 is 1.62 bits per heavy atom. The van der Waals surface area contributed by atoms with Crippen LogP contribution in [0.1, 0.15) is 22.9 Å². The number of aliphatic imine (C=N–C) groups is 1. The number of aryl methyl sites for hydroxylation is 1. The second-order valence-electron chi connectivity index (χ2n) is 6.54. The number of nitrogens with one attached hydrogen (secondary N) is 2. The van der Waals surface area contributed by atoms with Crippen LogP contribution in [0.15, 0.2) is 88.3 Å². The van der Waals surface area contributed by atoms with E-state index in [1.54, 1.807) is 0 Å². The fraction of sp³-hybridized carbons (Fsp3) is 0.136. The van der Waals surface area contributed by atoms with Gasteiger partial charge in [-0.15, -0.1) is 0 Å². The minimum atomic E-state index is -0.554. The average molecular weight is 406 g/mol. The summed E-state index contributed by atoms with van der Waals surface area (Å²) in [6, 6.07) is 27.0. The van der Waals surface area contributed by atoms with Gasteiger partial charge < -0.3 is 5.32 Å². The molecule has 3 aromatic rings. The van der Waals surface area contributed by atoms with Crippen LogP contribution in [0, 0.1) is 6.92 Å². The van der Waals surface area contributed by atoms with Gasteiger partial charge in [-0.1, -0.05) is 76.1 Å². The summed E-state index contributed by atoms with van der Waals surface area (Å²) in [5, 5.41) is 7.31. The van der Waals surface area contributed by atoms with E-state index in [0.29, 0.717) is 0 Å². The third-order valence-electron chi connectivity index (χ3n) is 4.59. The van der Waals surface area contributed by atoms with E-state index in [2.05, 4.69) is 82.0 Å². The van der Waals surface area contributed by atoms with Gasteiger partial charge in [-0.2, -0.15) is 0 Å². The van der Waals surface area contributed by atoms with Crippen molar-refractivity contribution >= 4 is 27.8 Å². The van der Waals surface area contributed by atoms with E-state index in [1.807, 2.05) is 36.5 Å². The molecule has 26 heavy (non-hydrogen) atoms. The molecule has 0 radical (unpaired) electrons. The van der Waals surface area contributed by atoms with Gasteiger partial charge in [0.15, 0.2) is 5.66 Å². The molecule has 2 atom stereocenters. The van der Waals surface area contributed by atoms with Crippen molar-refractivity contribution in [3.05, 3.63) is 100 Å².